The van der Waals surface area contributed by atoms with Crippen molar-refractivity contribution in [2.24, 2.45) is 0 Å². The van der Waals surface area contributed by atoms with Crippen LogP contribution in [0.2, 0.25) is 5.02 Å². The summed E-state index contributed by atoms with van der Waals surface area (Å²) in [5.41, 5.74) is -0.257. The highest BCUT2D eigenvalue weighted by Gasteiger charge is 2.15. The highest BCUT2D eigenvalue weighted by molar-refractivity contribution is 6.33. The molecule has 14 heavy (non-hydrogen) atoms. The summed E-state index contributed by atoms with van der Waals surface area (Å²) in [6, 6.07) is 1.95. The van der Waals surface area contributed by atoms with Crippen molar-refractivity contribution in [1.29, 1.82) is 0 Å². The fourth-order valence-corrected chi connectivity index (χ4v) is 1.12. The van der Waals surface area contributed by atoms with Crippen molar-refractivity contribution in [2.75, 3.05) is 7.11 Å². The summed E-state index contributed by atoms with van der Waals surface area (Å²) in [5, 5.41) is -0.0369. The zero-order valence-corrected chi connectivity index (χ0v) is 7.97. The van der Waals surface area contributed by atoms with Gasteiger partial charge in [-0.1, -0.05) is 11.6 Å². The van der Waals surface area contributed by atoms with Crippen LogP contribution in [-0.2, 0) is 4.74 Å². The average Bonchev–Trinajstić information content (AvgIpc) is 2.17. The molecule has 3 nitrogen and oxygen atoms in total. The first kappa shape index (κ1) is 10.7. The van der Waals surface area contributed by atoms with Crippen molar-refractivity contribution in [1.82, 2.24) is 0 Å². The SMILES string of the molecule is COC(=O)c1cc(C=O)c(Cl)cc1F. The van der Waals surface area contributed by atoms with Crippen LogP contribution in [0.15, 0.2) is 12.1 Å². The number of benzene rings is 1. The first-order chi connectivity index (χ1) is 6.60. The molecule has 0 aliphatic carbocycles. The van der Waals surface area contributed by atoms with Crippen LogP contribution in [0.5, 0.6) is 0 Å². The molecule has 0 saturated heterocycles. The number of hydrogen-bond acceptors (Lipinski definition) is 3. The molecule has 0 fully saturated rings. The predicted molar refractivity (Wildman–Crippen MR) is 48.1 cm³/mol. The van der Waals surface area contributed by atoms with Gasteiger partial charge in [-0.05, 0) is 12.1 Å². The molecule has 0 radical (unpaired) electrons. The van der Waals surface area contributed by atoms with Gasteiger partial charge in [0.2, 0.25) is 0 Å². The Kier molecular flexibility index (Phi) is 3.19. The highest BCUT2D eigenvalue weighted by Crippen LogP contribution is 2.19. The van der Waals surface area contributed by atoms with Crippen LogP contribution in [0.25, 0.3) is 0 Å². The molecule has 0 heterocycles. The molecule has 0 aromatic heterocycles. The van der Waals surface area contributed by atoms with E-state index in [4.69, 9.17) is 11.6 Å². The molecule has 74 valence electrons. The zero-order chi connectivity index (χ0) is 10.7. The Labute approximate surface area is 84.4 Å². The van der Waals surface area contributed by atoms with Crippen molar-refractivity contribution in [3.8, 4) is 0 Å². The Morgan fingerprint density at radius 3 is 2.71 bits per heavy atom. The quantitative estimate of drug-likeness (QED) is 0.562. The topological polar surface area (TPSA) is 43.4 Å². The number of aldehydes is 1. The van der Waals surface area contributed by atoms with Crippen LogP contribution in [0.1, 0.15) is 20.7 Å². The molecule has 0 saturated carbocycles. The van der Waals surface area contributed by atoms with Gasteiger partial charge in [-0.3, -0.25) is 4.79 Å². The van der Waals surface area contributed by atoms with Gasteiger partial charge in [-0.15, -0.1) is 0 Å². The Balaban J connectivity index is 3.30. The maximum atomic E-state index is 13.1. The molecule has 0 spiro atoms. The van der Waals surface area contributed by atoms with Gasteiger partial charge in [-0.2, -0.15) is 0 Å². The number of methoxy groups -OCH3 is 1. The third-order valence-corrected chi connectivity index (χ3v) is 1.95. The normalized spacial score (nSPS) is 9.64. The maximum Gasteiger partial charge on any atom is 0.340 e. The smallest absolute Gasteiger partial charge is 0.340 e. The zero-order valence-electron chi connectivity index (χ0n) is 7.21. The lowest BCUT2D eigenvalue weighted by Crippen LogP contribution is -2.05. The van der Waals surface area contributed by atoms with E-state index in [-0.39, 0.29) is 16.1 Å². The fraction of sp³-hybridized carbons (Fsp3) is 0.111. The second kappa shape index (κ2) is 4.19. The number of rotatable bonds is 2. The van der Waals surface area contributed by atoms with Gasteiger partial charge < -0.3 is 4.74 Å². The van der Waals surface area contributed by atoms with Crippen LogP contribution in [0.4, 0.5) is 4.39 Å². The summed E-state index contributed by atoms with van der Waals surface area (Å²) in [4.78, 5) is 21.4. The Morgan fingerprint density at radius 2 is 2.21 bits per heavy atom. The third-order valence-electron chi connectivity index (χ3n) is 1.62. The Hall–Kier alpha value is -1.42. The van der Waals surface area contributed by atoms with Gasteiger partial charge in [0, 0.05) is 5.56 Å². The molecular formula is C9H6ClFO3. The predicted octanol–water partition coefficient (Wildman–Crippen LogP) is 2.08. The molecule has 0 N–H and O–H groups in total. The standard InChI is InChI=1S/C9H6ClFO3/c1-14-9(13)6-2-5(4-12)7(10)3-8(6)11/h2-4H,1H3. The van der Waals surface area contributed by atoms with E-state index in [1.807, 2.05) is 0 Å². The summed E-state index contributed by atoms with van der Waals surface area (Å²) in [5.74, 6) is -1.66. The van der Waals surface area contributed by atoms with Crippen LogP contribution in [-0.4, -0.2) is 19.4 Å². The number of hydrogen-bond donors (Lipinski definition) is 0. The summed E-state index contributed by atoms with van der Waals surface area (Å²) >= 11 is 5.53. The molecule has 1 aromatic carbocycles. The van der Waals surface area contributed by atoms with Gasteiger partial charge in [-0.25, -0.2) is 9.18 Å². The minimum absolute atomic E-state index is 0.0369. The van der Waals surface area contributed by atoms with E-state index in [1.165, 1.54) is 0 Å². The summed E-state index contributed by atoms with van der Waals surface area (Å²) in [6.07, 6.45) is 0.439. The maximum absolute atomic E-state index is 13.1. The van der Waals surface area contributed by atoms with Gasteiger partial charge in [0.1, 0.15) is 5.82 Å². The molecule has 0 aliphatic rings. The molecule has 0 aliphatic heterocycles. The summed E-state index contributed by atoms with van der Waals surface area (Å²) in [6.45, 7) is 0. The Bertz CT molecular complexity index is 390. The van der Waals surface area contributed by atoms with E-state index in [9.17, 15) is 14.0 Å². The number of carbonyl (C=O) groups excluding carboxylic acids is 2. The lowest BCUT2D eigenvalue weighted by Gasteiger charge is -2.03. The van der Waals surface area contributed by atoms with Crippen LogP contribution < -0.4 is 0 Å². The largest absolute Gasteiger partial charge is 0.465 e. The minimum Gasteiger partial charge on any atom is -0.465 e. The molecular weight excluding hydrogens is 211 g/mol. The van der Waals surface area contributed by atoms with Crippen LogP contribution in [0, 0.1) is 5.82 Å². The van der Waals surface area contributed by atoms with E-state index in [0.717, 1.165) is 19.2 Å². The molecule has 1 rings (SSSR count). The van der Waals surface area contributed by atoms with Crippen molar-refractivity contribution in [3.63, 3.8) is 0 Å². The first-order valence-corrected chi connectivity index (χ1v) is 4.00. The van der Waals surface area contributed by atoms with Crippen molar-refractivity contribution in [3.05, 3.63) is 34.1 Å². The minimum atomic E-state index is -0.845. The van der Waals surface area contributed by atoms with Gasteiger partial charge >= 0.3 is 5.97 Å². The van der Waals surface area contributed by atoms with Crippen molar-refractivity contribution in [2.45, 2.75) is 0 Å². The second-order valence-corrected chi connectivity index (χ2v) is 2.87. The fourth-order valence-electron chi connectivity index (χ4n) is 0.922. The lowest BCUT2D eigenvalue weighted by molar-refractivity contribution is 0.0595. The van der Waals surface area contributed by atoms with E-state index in [1.54, 1.807) is 0 Å². The molecule has 0 amide bonds. The summed E-state index contributed by atoms with van der Waals surface area (Å²) < 4.78 is 17.4. The van der Waals surface area contributed by atoms with E-state index < -0.39 is 11.8 Å². The first-order valence-electron chi connectivity index (χ1n) is 3.62. The number of halogens is 2. The van der Waals surface area contributed by atoms with E-state index >= 15 is 0 Å². The van der Waals surface area contributed by atoms with Gasteiger partial charge in [0.15, 0.2) is 6.29 Å². The third kappa shape index (κ3) is 1.90. The molecule has 0 unspecified atom stereocenters. The Morgan fingerprint density at radius 1 is 1.57 bits per heavy atom. The molecule has 0 atom stereocenters. The molecule has 1 aromatic rings. The molecule has 5 heteroatoms. The van der Waals surface area contributed by atoms with Crippen LogP contribution in [0.3, 0.4) is 0 Å². The average molecular weight is 217 g/mol. The van der Waals surface area contributed by atoms with Gasteiger partial charge in [0.25, 0.3) is 0 Å². The second-order valence-electron chi connectivity index (χ2n) is 2.46. The highest BCUT2D eigenvalue weighted by atomic mass is 35.5. The number of carbonyl (C=O) groups is 2. The molecule has 0 bridgehead atoms. The monoisotopic (exact) mass is 216 g/mol. The van der Waals surface area contributed by atoms with Gasteiger partial charge in [0.05, 0.1) is 17.7 Å². The van der Waals surface area contributed by atoms with E-state index in [0.29, 0.717) is 6.29 Å². The number of ether oxygens (including phenoxy) is 1. The van der Waals surface area contributed by atoms with Crippen molar-refractivity contribution >= 4 is 23.9 Å². The lowest BCUT2D eigenvalue weighted by atomic mass is 10.1. The van der Waals surface area contributed by atoms with E-state index in [2.05, 4.69) is 4.74 Å². The van der Waals surface area contributed by atoms with Crippen molar-refractivity contribution < 1.29 is 18.7 Å². The summed E-state index contributed by atoms with van der Waals surface area (Å²) in [7, 11) is 1.12. The number of esters is 1. The van der Waals surface area contributed by atoms with Crippen LogP contribution >= 0.6 is 11.6 Å².